The molecule has 0 radical (unpaired) electrons. The van der Waals surface area contributed by atoms with Crippen LogP contribution in [0.4, 0.5) is 0 Å². The molecule has 0 aliphatic carbocycles. The van der Waals surface area contributed by atoms with Gasteiger partial charge in [-0.25, -0.2) is 9.97 Å². The molecule has 2 atom stereocenters. The van der Waals surface area contributed by atoms with Crippen molar-refractivity contribution in [1.29, 1.82) is 0 Å². The second-order valence-corrected chi connectivity index (χ2v) is 15.9. The van der Waals surface area contributed by atoms with Gasteiger partial charge in [0.25, 0.3) is 0 Å². The lowest BCUT2D eigenvalue weighted by Crippen LogP contribution is -2.32. The number of nitrogens with one attached hydrogen (secondary N) is 3. The van der Waals surface area contributed by atoms with Crippen LogP contribution in [0, 0.1) is 17.8 Å². The Hall–Kier alpha value is -2.76. The predicted molar refractivity (Wildman–Crippen MR) is 213 cm³/mol. The van der Waals surface area contributed by atoms with Crippen molar-refractivity contribution in [3.63, 3.8) is 0 Å². The number of hydrogen-bond acceptors (Lipinski definition) is 12. The standard InChI is InChI=1S/C16H19N3O2S2.C9H8N2S2.C7H12ClNO2.C4H8O/c1-11-4-2-5-12(8-11)15-18-16(23-19-15)22-10-14(20)17-9-13-6-3-7-21-13;1-6-3-2-4-7(5-6)8-10-9(12)13-11-8;8-4-7(10)9-5-6-2-1-3-11-6;1-2-4-5-3-1/h2,4-5,8,13H,3,6-7,9-10H2,1H3,(H,17,20);2-5H,1H3,(H,10,11,12);6H,1-5H2,(H,9,10);1-4H2. The van der Waals surface area contributed by atoms with E-state index in [4.69, 9.17) is 38.0 Å². The van der Waals surface area contributed by atoms with Crippen molar-refractivity contribution in [2.24, 2.45) is 0 Å². The van der Waals surface area contributed by atoms with Crippen molar-refractivity contribution < 1.29 is 23.8 Å². The molecule has 3 aliphatic heterocycles. The summed E-state index contributed by atoms with van der Waals surface area (Å²) in [6.07, 6.45) is 7.20. The van der Waals surface area contributed by atoms with Gasteiger partial charge in [-0.05, 0) is 99.8 Å². The Morgan fingerprint density at radius 3 is 2.02 bits per heavy atom. The fourth-order valence-electron chi connectivity index (χ4n) is 5.12. The van der Waals surface area contributed by atoms with Gasteiger partial charge in [-0.1, -0.05) is 59.3 Å². The first-order valence-corrected chi connectivity index (χ1v) is 20.9. The molecule has 11 nitrogen and oxygen atoms in total. The van der Waals surface area contributed by atoms with Crippen LogP contribution in [0.5, 0.6) is 0 Å². The summed E-state index contributed by atoms with van der Waals surface area (Å²) in [6.45, 7) is 8.94. The van der Waals surface area contributed by atoms with E-state index in [2.05, 4.69) is 54.5 Å². The quantitative estimate of drug-likeness (QED) is 0.0845. The number of nitrogens with zero attached hydrogens (tertiary/aromatic N) is 3. The molecule has 5 heterocycles. The zero-order valence-corrected chi connectivity index (χ0v) is 33.6. The van der Waals surface area contributed by atoms with Gasteiger partial charge in [0.05, 0.1) is 18.0 Å². The average Bonchev–Trinajstić information content (AvgIpc) is 4.01. The molecule has 0 spiro atoms. The van der Waals surface area contributed by atoms with Crippen LogP contribution in [-0.2, 0) is 23.8 Å². The molecule has 282 valence electrons. The highest BCUT2D eigenvalue weighted by molar-refractivity contribution is 8.01. The fraction of sp³-hybridized carbons (Fsp3) is 0.500. The summed E-state index contributed by atoms with van der Waals surface area (Å²) in [4.78, 5) is 31.2. The minimum Gasteiger partial charge on any atom is -0.381 e. The lowest BCUT2D eigenvalue weighted by Gasteiger charge is -2.09. The van der Waals surface area contributed by atoms with E-state index in [9.17, 15) is 9.59 Å². The third kappa shape index (κ3) is 16.1. The third-order valence-corrected chi connectivity index (χ3v) is 10.8. The number of hydrogen-bond donors (Lipinski definition) is 3. The molecule has 16 heteroatoms. The molecule has 7 rings (SSSR count). The zero-order valence-electron chi connectivity index (χ0n) is 29.6. The van der Waals surface area contributed by atoms with E-state index in [1.807, 2.05) is 37.3 Å². The topological polar surface area (TPSA) is 140 Å². The molecule has 3 saturated heterocycles. The minimum atomic E-state index is -0.123. The first kappa shape index (κ1) is 42.0. The molecule has 0 bridgehead atoms. The van der Waals surface area contributed by atoms with E-state index >= 15 is 0 Å². The molecule has 3 aliphatic rings. The maximum Gasteiger partial charge on any atom is 0.235 e. The summed E-state index contributed by atoms with van der Waals surface area (Å²) in [7, 11) is 0. The molecule has 52 heavy (non-hydrogen) atoms. The van der Waals surface area contributed by atoms with Gasteiger partial charge in [-0.15, -0.1) is 11.6 Å². The van der Waals surface area contributed by atoms with E-state index in [0.717, 1.165) is 79.2 Å². The summed E-state index contributed by atoms with van der Waals surface area (Å²) in [5, 5.41) is 5.59. The number of aromatic amines is 1. The van der Waals surface area contributed by atoms with E-state index in [1.54, 1.807) is 0 Å². The Labute approximate surface area is 328 Å². The average molecular weight is 808 g/mol. The molecule has 2 unspecified atom stereocenters. The van der Waals surface area contributed by atoms with Crippen molar-refractivity contribution in [3.8, 4) is 22.8 Å². The highest BCUT2D eigenvalue weighted by Gasteiger charge is 2.17. The van der Waals surface area contributed by atoms with E-state index in [-0.39, 0.29) is 29.9 Å². The number of thioether (sulfide) groups is 1. The largest absolute Gasteiger partial charge is 0.381 e. The highest BCUT2D eigenvalue weighted by Crippen LogP contribution is 2.25. The fourth-order valence-corrected chi connectivity index (χ4v) is 7.36. The predicted octanol–water partition coefficient (Wildman–Crippen LogP) is 7.39. The summed E-state index contributed by atoms with van der Waals surface area (Å²) in [6, 6.07) is 16.3. The normalized spacial score (nSPS) is 17.5. The monoisotopic (exact) mass is 806 g/mol. The van der Waals surface area contributed by atoms with E-state index in [1.165, 1.54) is 58.8 Å². The number of carbonyl (C=O) groups is 2. The van der Waals surface area contributed by atoms with Crippen LogP contribution in [0.2, 0.25) is 0 Å². The van der Waals surface area contributed by atoms with Gasteiger partial charge < -0.3 is 24.8 Å². The second kappa shape index (κ2) is 23.8. The molecule has 2 amide bonds. The first-order chi connectivity index (χ1) is 25.3. The third-order valence-electron chi connectivity index (χ3n) is 7.79. The number of H-pyrrole nitrogens is 1. The number of aryl methyl sites for hydroxylation is 2. The molecular weight excluding hydrogens is 760 g/mol. The molecule has 2 aromatic heterocycles. The van der Waals surface area contributed by atoms with Crippen LogP contribution < -0.4 is 10.6 Å². The van der Waals surface area contributed by atoms with Crippen molar-refractivity contribution in [2.45, 2.75) is 68.9 Å². The van der Waals surface area contributed by atoms with Gasteiger partial charge in [0.1, 0.15) is 11.7 Å². The van der Waals surface area contributed by atoms with Crippen molar-refractivity contribution in [2.75, 3.05) is 51.1 Å². The number of rotatable bonds is 10. The smallest absolute Gasteiger partial charge is 0.235 e. The lowest BCUT2D eigenvalue weighted by molar-refractivity contribution is -0.119. The van der Waals surface area contributed by atoms with Gasteiger partial charge in [-0.3, -0.25) is 14.0 Å². The minimum absolute atomic E-state index is 0.0119. The van der Waals surface area contributed by atoms with Crippen molar-refractivity contribution in [3.05, 3.63) is 63.6 Å². The Morgan fingerprint density at radius 1 is 0.885 bits per heavy atom. The lowest BCUT2D eigenvalue weighted by atomic mass is 10.1. The van der Waals surface area contributed by atoms with Crippen LogP contribution in [0.15, 0.2) is 52.9 Å². The maximum atomic E-state index is 11.9. The molecule has 3 fully saturated rings. The Kier molecular flexibility index (Phi) is 19.2. The maximum absolute atomic E-state index is 11.9. The summed E-state index contributed by atoms with van der Waals surface area (Å²) in [5.74, 6) is 1.86. The van der Waals surface area contributed by atoms with Crippen LogP contribution in [0.25, 0.3) is 22.8 Å². The van der Waals surface area contributed by atoms with Crippen LogP contribution >= 0.6 is 58.6 Å². The number of ether oxygens (including phenoxy) is 3. The van der Waals surface area contributed by atoms with Crippen LogP contribution in [0.3, 0.4) is 0 Å². The number of alkyl halides is 1. The number of halogens is 1. The second-order valence-electron chi connectivity index (χ2n) is 12.2. The van der Waals surface area contributed by atoms with Gasteiger partial charge >= 0.3 is 0 Å². The van der Waals surface area contributed by atoms with Gasteiger partial charge in [-0.2, -0.15) is 4.37 Å². The van der Waals surface area contributed by atoms with Crippen LogP contribution in [-0.4, -0.2) is 93.9 Å². The SMILES string of the molecule is C1CCOC1.Cc1cccc(-c2nc(=S)s[nH]2)c1.Cc1cccc(-c2nsc(SCC(=O)NCC3CCCO3)n2)c1.O=C(CCl)NCC1CCCO1. The highest BCUT2D eigenvalue weighted by atomic mass is 35.5. The summed E-state index contributed by atoms with van der Waals surface area (Å²) < 4.78 is 24.6. The van der Waals surface area contributed by atoms with Gasteiger partial charge in [0, 0.05) is 50.6 Å². The van der Waals surface area contributed by atoms with Crippen LogP contribution in [0.1, 0.15) is 49.7 Å². The van der Waals surface area contributed by atoms with Crippen molar-refractivity contribution >= 4 is 70.5 Å². The number of aromatic nitrogens is 4. The van der Waals surface area contributed by atoms with E-state index in [0.29, 0.717) is 22.8 Å². The number of amides is 2. The Bertz CT molecular complexity index is 1700. The van der Waals surface area contributed by atoms with Gasteiger partial charge in [0.2, 0.25) is 11.8 Å². The van der Waals surface area contributed by atoms with Crippen molar-refractivity contribution in [1.82, 2.24) is 29.3 Å². The molecule has 4 aromatic rings. The number of benzene rings is 2. The Balaban J connectivity index is 0.000000176. The Morgan fingerprint density at radius 2 is 1.50 bits per heavy atom. The molecule has 3 N–H and O–H groups in total. The van der Waals surface area contributed by atoms with Gasteiger partial charge in [0.15, 0.2) is 14.1 Å². The summed E-state index contributed by atoms with van der Waals surface area (Å²) >= 11 is 14.4. The zero-order chi connectivity index (χ0) is 37.0. The first-order valence-electron chi connectivity index (χ1n) is 17.4. The number of carbonyl (C=O) groups excluding carboxylic acids is 2. The summed E-state index contributed by atoms with van der Waals surface area (Å²) in [5.41, 5.74) is 4.51. The van der Waals surface area contributed by atoms with E-state index < -0.39 is 0 Å². The molecule has 0 saturated carbocycles. The molecule has 2 aromatic carbocycles. The molecular formula is C36H47ClN6O5S4.